The van der Waals surface area contributed by atoms with E-state index in [2.05, 4.69) is 9.88 Å². The van der Waals surface area contributed by atoms with Crippen molar-refractivity contribution in [1.29, 1.82) is 0 Å². The van der Waals surface area contributed by atoms with Crippen LogP contribution in [0.4, 0.5) is 4.39 Å². The second-order valence-electron chi connectivity index (χ2n) is 8.12. The minimum absolute atomic E-state index is 0.0120. The van der Waals surface area contributed by atoms with Gasteiger partial charge in [-0.2, -0.15) is 0 Å². The zero-order chi connectivity index (χ0) is 22.7. The van der Waals surface area contributed by atoms with E-state index < -0.39 is 18.1 Å². The van der Waals surface area contributed by atoms with Crippen molar-refractivity contribution in [3.63, 3.8) is 0 Å². The molecule has 0 amide bonds. The van der Waals surface area contributed by atoms with Gasteiger partial charge < -0.3 is 20.2 Å². The number of halogens is 2. The topological polar surface area (TPSA) is 97.1 Å². The van der Waals surface area contributed by atoms with Crippen LogP contribution in [0.25, 0.3) is 0 Å². The molecule has 2 atom stereocenters. The zero-order valence-electron chi connectivity index (χ0n) is 17.5. The number of aliphatic hydroxyl groups excluding tert-OH is 2. The fraction of sp³-hybridized carbons (Fsp3) is 0.455. The maximum absolute atomic E-state index is 15.0. The van der Waals surface area contributed by atoms with Crippen molar-refractivity contribution in [2.45, 2.75) is 31.7 Å². The number of pyridine rings is 1. The van der Waals surface area contributed by atoms with Crippen molar-refractivity contribution in [3.8, 4) is 5.75 Å². The molecule has 0 saturated carbocycles. The molecule has 9 heteroatoms. The molecular formula is C22H27ClFN3O4. The number of nitrogens with zero attached hydrogens (tertiary/aromatic N) is 3. The lowest BCUT2D eigenvalue weighted by atomic mass is 9.86. The summed E-state index contributed by atoms with van der Waals surface area (Å²) in [4.78, 5) is 19.2. The molecule has 1 saturated heterocycles. The first-order chi connectivity index (χ1) is 14.7. The summed E-state index contributed by atoms with van der Waals surface area (Å²) in [6.45, 7) is 1.68. The van der Waals surface area contributed by atoms with Gasteiger partial charge in [-0.3, -0.25) is 14.7 Å². The second-order valence-corrected chi connectivity index (χ2v) is 8.55. The number of hydrogen-bond donors (Lipinski definition) is 3. The lowest BCUT2D eigenvalue weighted by Crippen LogP contribution is -2.32. The first-order valence-corrected chi connectivity index (χ1v) is 10.5. The number of rotatable bonds is 7. The molecule has 1 aliphatic heterocycles. The highest BCUT2D eigenvalue weighted by molar-refractivity contribution is 6.30. The predicted octanol–water partition coefficient (Wildman–Crippen LogP) is 2.89. The summed E-state index contributed by atoms with van der Waals surface area (Å²) >= 11 is 5.78. The molecule has 1 aliphatic rings. The molecule has 0 unspecified atom stereocenters. The van der Waals surface area contributed by atoms with E-state index in [-0.39, 0.29) is 40.1 Å². The molecule has 0 aliphatic carbocycles. The summed E-state index contributed by atoms with van der Waals surface area (Å²) in [6.07, 6.45) is 1.03. The quantitative estimate of drug-likeness (QED) is 0.440. The summed E-state index contributed by atoms with van der Waals surface area (Å²) < 4.78 is 15.0. The zero-order valence-corrected chi connectivity index (χ0v) is 18.3. The molecule has 7 nitrogen and oxygen atoms in total. The lowest BCUT2D eigenvalue weighted by molar-refractivity contribution is 0.0106. The van der Waals surface area contributed by atoms with Crippen LogP contribution in [0, 0.1) is 11.7 Å². The van der Waals surface area contributed by atoms with Crippen LogP contribution in [0.15, 0.2) is 24.4 Å². The Hall–Kier alpha value is -2.10. The molecule has 0 spiro atoms. The lowest BCUT2D eigenvalue weighted by Gasteiger charge is -2.32. The fourth-order valence-electron chi connectivity index (χ4n) is 3.94. The van der Waals surface area contributed by atoms with Crippen molar-refractivity contribution in [3.05, 3.63) is 57.6 Å². The van der Waals surface area contributed by atoms with Gasteiger partial charge in [0.05, 0.1) is 16.8 Å². The minimum Gasteiger partial charge on any atom is -0.506 e. The van der Waals surface area contributed by atoms with Crippen LogP contribution in [0.1, 0.15) is 52.4 Å². The van der Waals surface area contributed by atoms with E-state index in [4.69, 9.17) is 11.6 Å². The van der Waals surface area contributed by atoms with Gasteiger partial charge in [0.15, 0.2) is 6.29 Å². The smallest absolute Gasteiger partial charge is 0.150 e. The Kier molecular flexibility index (Phi) is 7.61. The number of carbonyl (C=O) groups is 1. The Morgan fingerprint density at radius 3 is 2.61 bits per heavy atom. The summed E-state index contributed by atoms with van der Waals surface area (Å²) in [5.74, 6) is -0.953. The first kappa shape index (κ1) is 23.6. The van der Waals surface area contributed by atoms with Gasteiger partial charge in [-0.25, -0.2) is 4.39 Å². The van der Waals surface area contributed by atoms with Gasteiger partial charge in [-0.05, 0) is 63.6 Å². The third kappa shape index (κ3) is 5.39. The Balaban J connectivity index is 1.82. The van der Waals surface area contributed by atoms with E-state index >= 15 is 4.39 Å². The Bertz CT molecular complexity index is 937. The van der Waals surface area contributed by atoms with Crippen molar-refractivity contribution in [2.24, 2.45) is 5.92 Å². The average molecular weight is 452 g/mol. The third-order valence-corrected chi connectivity index (χ3v) is 6.06. The number of aromatic hydroxyl groups is 1. The van der Waals surface area contributed by atoms with Crippen LogP contribution in [0.2, 0.25) is 5.02 Å². The number of aromatic nitrogens is 1. The molecule has 2 aromatic rings. The number of hydrogen-bond acceptors (Lipinski definition) is 7. The number of benzene rings is 1. The molecule has 1 aromatic carbocycles. The van der Waals surface area contributed by atoms with Crippen LogP contribution in [0.3, 0.4) is 0 Å². The van der Waals surface area contributed by atoms with Crippen LogP contribution in [0.5, 0.6) is 5.75 Å². The summed E-state index contributed by atoms with van der Waals surface area (Å²) in [5, 5.41) is 31.7. The van der Waals surface area contributed by atoms with Crippen molar-refractivity contribution >= 4 is 17.9 Å². The Labute approximate surface area is 185 Å². The van der Waals surface area contributed by atoms with Crippen molar-refractivity contribution in [1.82, 2.24) is 14.8 Å². The Morgan fingerprint density at radius 1 is 1.32 bits per heavy atom. The SMILES string of the molecule is CN1CCC([C@H](O)c2cc(F)c([C@@H](O)N(C)Cc3ncc(Cl)cc3O)c(C=O)c2)CC1. The number of carbonyl (C=O) groups excluding carboxylic acids is 1. The van der Waals surface area contributed by atoms with Gasteiger partial charge in [-0.1, -0.05) is 11.6 Å². The molecule has 168 valence electrons. The van der Waals surface area contributed by atoms with Gasteiger partial charge in [-0.15, -0.1) is 0 Å². The molecule has 0 bridgehead atoms. The number of aldehydes is 1. The van der Waals surface area contributed by atoms with Gasteiger partial charge in [0.25, 0.3) is 0 Å². The van der Waals surface area contributed by atoms with E-state index in [0.717, 1.165) is 25.9 Å². The maximum atomic E-state index is 15.0. The molecule has 3 N–H and O–H groups in total. The molecule has 1 fully saturated rings. The summed E-state index contributed by atoms with van der Waals surface area (Å²) in [5.41, 5.74) is 0.345. The number of likely N-dealkylation sites (tertiary alicyclic amines) is 1. The number of aliphatic hydroxyl groups is 2. The van der Waals surface area contributed by atoms with Gasteiger partial charge in [0.1, 0.15) is 17.8 Å². The van der Waals surface area contributed by atoms with Gasteiger partial charge in [0, 0.05) is 29.9 Å². The minimum atomic E-state index is -1.47. The summed E-state index contributed by atoms with van der Waals surface area (Å²) in [6, 6.07) is 3.94. The molecule has 31 heavy (non-hydrogen) atoms. The molecular weight excluding hydrogens is 425 g/mol. The Morgan fingerprint density at radius 2 is 2.00 bits per heavy atom. The van der Waals surface area contributed by atoms with Crippen molar-refractivity contribution in [2.75, 3.05) is 27.2 Å². The first-order valence-electron chi connectivity index (χ1n) is 10.1. The highest BCUT2D eigenvalue weighted by Gasteiger charge is 2.28. The maximum Gasteiger partial charge on any atom is 0.150 e. The summed E-state index contributed by atoms with van der Waals surface area (Å²) in [7, 11) is 3.52. The standard InChI is InChI=1S/C22H27ClFN3O4/c1-26-5-3-13(4-6-26)21(30)14-7-15(12-28)20(17(24)8-14)22(31)27(2)11-18-19(29)9-16(23)10-25-18/h7-10,12-13,21-22,29-31H,3-6,11H2,1-2H3/t21-,22+/m0/s1. The average Bonchev–Trinajstić information content (AvgIpc) is 2.74. The molecule has 3 rings (SSSR count). The molecule has 2 heterocycles. The molecule has 0 radical (unpaired) electrons. The van der Waals surface area contributed by atoms with Crippen LogP contribution >= 0.6 is 11.6 Å². The van der Waals surface area contributed by atoms with E-state index in [1.165, 1.54) is 36.3 Å². The number of piperidine rings is 1. The normalized spacial score (nSPS) is 17.6. The van der Waals surface area contributed by atoms with Gasteiger partial charge >= 0.3 is 0 Å². The van der Waals surface area contributed by atoms with Crippen molar-refractivity contribution < 1.29 is 24.5 Å². The fourth-order valence-corrected chi connectivity index (χ4v) is 4.09. The second kappa shape index (κ2) is 10.0. The molecule has 1 aromatic heterocycles. The van der Waals surface area contributed by atoms with Crippen LogP contribution in [-0.2, 0) is 6.54 Å². The van der Waals surface area contributed by atoms with E-state index in [9.17, 15) is 20.1 Å². The highest BCUT2D eigenvalue weighted by atomic mass is 35.5. The van der Waals surface area contributed by atoms with Crippen LogP contribution < -0.4 is 0 Å². The van der Waals surface area contributed by atoms with E-state index in [1.54, 1.807) is 0 Å². The van der Waals surface area contributed by atoms with Gasteiger partial charge in [0.2, 0.25) is 0 Å². The highest BCUT2D eigenvalue weighted by Crippen LogP contribution is 2.34. The van der Waals surface area contributed by atoms with E-state index in [0.29, 0.717) is 11.8 Å². The van der Waals surface area contributed by atoms with E-state index in [1.807, 2.05) is 7.05 Å². The largest absolute Gasteiger partial charge is 0.506 e. The van der Waals surface area contributed by atoms with Crippen LogP contribution in [-0.4, -0.2) is 63.6 Å². The third-order valence-electron chi connectivity index (χ3n) is 5.85. The predicted molar refractivity (Wildman–Crippen MR) is 114 cm³/mol. The monoisotopic (exact) mass is 451 g/mol.